The number of benzene rings is 1. The number of piperidine rings is 1. The molecular formula is C19H28N4O3S2. The van der Waals surface area contributed by atoms with Gasteiger partial charge in [0.2, 0.25) is 10.0 Å². The molecule has 0 amide bonds. The van der Waals surface area contributed by atoms with Crippen LogP contribution in [0.15, 0.2) is 35.3 Å². The zero-order valence-corrected chi connectivity index (χ0v) is 17.9. The van der Waals surface area contributed by atoms with E-state index in [0.29, 0.717) is 31.5 Å². The molecule has 3 N–H and O–H groups in total. The number of fused-ring (bicyclic) bond motifs is 1. The molecule has 28 heavy (non-hydrogen) atoms. The normalized spacial score (nSPS) is 18.3. The maximum atomic E-state index is 11.6. The molecule has 1 fully saturated rings. The van der Waals surface area contributed by atoms with Crippen molar-refractivity contribution in [1.82, 2.24) is 14.9 Å². The number of aliphatic hydroxyl groups is 1. The van der Waals surface area contributed by atoms with Crippen molar-refractivity contribution in [2.45, 2.75) is 18.9 Å². The van der Waals surface area contributed by atoms with E-state index in [1.165, 1.54) is 15.3 Å². The Labute approximate surface area is 170 Å². The van der Waals surface area contributed by atoms with Gasteiger partial charge in [-0.05, 0) is 36.3 Å². The summed E-state index contributed by atoms with van der Waals surface area (Å²) >= 11 is 1.60. The predicted molar refractivity (Wildman–Crippen MR) is 115 cm³/mol. The first-order valence-electron chi connectivity index (χ1n) is 9.43. The Kier molecular flexibility index (Phi) is 6.92. The molecule has 1 aliphatic heterocycles. The van der Waals surface area contributed by atoms with E-state index < -0.39 is 16.1 Å². The first kappa shape index (κ1) is 21.0. The average Bonchev–Trinajstić information content (AvgIpc) is 3.12. The van der Waals surface area contributed by atoms with Crippen molar-refractivity contribution in [1.29, 1.82) is 0 Å². The van der Waals surface area contributed by atoms with Crippen LogP contribution in [0.2, 0.25) is 0 Å². The summed E-state index contributed by atoms with van der Waals surface area (Å²) in [5.41, 5.74) is 0. The van der Waals surface area contributed by atoms with E-state index in [2.05, 4.69) is 21.7 Å². The van der Waals surface area contributed by atoms with Crippen LogP contribution < -0.4 is 10.6 Å². The molecule has 3 rings (SSSR count). The molecule has 1 aromatic heterocycles. The quantitative estimate of drug-likeness (QED) is 0.485. The van der Waals surface area contributed by atoms with E-state index in [4.69, 9.17) is 0 Å². The number of rotatable bonds is 6. The third-order valence-corrected chi connectivity index (χ3v) is 7.58. The SMILES string of the molecule is CN=C(NCC1CCN(S(C)(=O)=O)CC1)NCC(O)c1cc2ccccc2s1. The molecule has 0 saturated carbocycles. The molecule has 2 aromatic rings. The van der Waals surface area contributed by atoms with Crippen LogP contribution in [-0.4, -0.2) is 63.3 Å². The Morgan fingerprint density at radius 2 is 2.04 bits per heavy atom. The molecule has 0 radical (unpaired) electrons. The lowest BCUT2D eigenvalue weighted by Crippen LogP contribution is -2.44. The van der Waals surface area contributed by atoms with E-state index in [9.17, 15) is 13.5 Å². The van der Waals surface area contributed by atoms with Crippen molar-refractivity contribution in [3.8, 4) is 0 Å². The van der Waals surface area contributed by atoms with Crippen molar-refractivity contribution >= 4 is 37.4 Å². The number of sulfonamides is 1. The molecule has 1 aromatic carbocycles. The summed E-state index contributed by atoms with van der Waals surface area (Å²) < 4.78 is 25.9. The molecule has 2 heterocycles. The monoisotopic (exact) mass is 424 g/mol. The van der Waals surface area contributed by atoms with Crippen LogP contribution in [-0.2, 0) is 10.0 Å². The smallest absolute Gasteiger partial charge is 0.211 e. The highest BCUT2D eigenvalue weighted by Crippen LogP contribution is 2.29. The Balaban J connectivity index is 1.45. The Morgan fingerprint density at radius 3 is 2.68 bits per heavy atom. The average molecular weight is 425 g/mol. The van der Waals surface area contributed by atoms with Crippen molar-refractivity contribution in [3.63, 3.8) is 0 Å². The van der Waals surface area contributed by atoms with Gasteiger partial charge in [-0.15, -0.1) is 11.3 Å². The molecule has 0 aliphatic carbocycles. The molecule has 1 aliphatic rings. The Morgan fingerprint density at radius 1 is 1.32 bits per heavy atom. The maximum absolute atomic E-state index is 11.6. The summed E-state index contributed by atoms with van der Waals surface area (Å²) in [6, 6.07) is 10.1. The fourth-order valence-electron chi connectivity index (χ4n) is 3.37. The van der Waals surface area contributed by atoms with Gasteiger partial charge >= 0.3 is 0 Å². The van der Waals surface area contributed by atoms with Gasteiger partial charge in [-0.25, -0.2) is 12.7 Å². The Bertz CT molecular complexity index is 885. The van der Waals surface area contributed by atoms with Gasteiger partial charge in [0, 0.05) is 42.8 Å². The minimum absolute atomic E-state index is 0.374. The summed E-state index contributed by atoms with van der Waals surface area (Å²) in [5.74, 6) is 1.05. The van der Waals surface area contributed by atoms with Crippen LogP contribution in [0.4, 0.5) is 0 Å². The van der Waals surface area contributed by atoms with Crippen LogP contribution in [0.5, 0.6) is 0 Å². The third kappa shape index (κ3) is 5.44. The minimum atomic E-state index is -3.09. The summed E-state index contributed by atoms with van der Waals surface area (Å²) in [7, 11) is -1.39. The van der Waals surface area contributed by atoms with Crippen LogP contribution in [0.3, 0.4) is 0 Å². The second-order valence-corrected chi connectivity index (χ2v) is 10.2. The van der Waals surface area contributed by atoms with Crippen molar-refractivity contribution < 1.29 is 13.5 Å². The van der Waals surface area contributed by atoms with E-state index >= 15 is 0 Å². The van der Waals surface area contributed by atoms with E-state index in [1.807, 2.05) is 24.3 Å². The largest absolute Gasteiger partial charge is 0.386 e. The number of aliphatic imine (C=N–C) groups is 1. The highest BCUT2D eigenvalue weighted by Gasteiger charge is 2.24. The van der Waals surface area contributed by atoms with Crippen LogP contribution in [0.25, 0.3) is 10.1 Å². The highest BCUT2D eigenvalue weighted by atomic mass is 32.2. The van der Waals surface area contributed by atoms with Crippen LogP contribution in [0, 0.1) is 5.92 Å². The van der Waals surface area contributed by atoms with Gasteiger partial charge in [0.1, 0.15) is 6.10 Å². The molecule has 9 heteroatoms. The van der Waals surface area contributed by atoms with Crippen LogP contribution in [0.1, 0.15) is 23.8 Å². The first-order valence-corrected chi connectivity index (χ1v) is 12.1. The van der Waals surface area contributed by atoms with Crippen molar-refractivity contribution in [2.24, 2.45) is 10.9 Å². The number of thiophene rings is 1. The predicted octanol–water partition coefficient (Wildman–Crippen LogP) is 1.77. The van der Waals surface area contributed by atoms with Gasteiger partial charge in [0.05, 0.1) is 6.26 Å². The molecule has 0 spiro atoms. The number of nitrogens with zero attached hydrogens (tertiary/aromatic N) is 2. The third-order valence-electron chi connectivity index (χ3n) is 5.06. The van der Waals surface area contributed by atoms with Crippen LogP contribution >= 0.6 is 11.3 Å². The second-order valence-electron chi connectivity index (χ2n) is 7.14. The maximum Gasteiger partial charge on any atom is 0.211 e. The molecule has 154 valence electrons. The van der Waals surface area contributed by atoms with Gasteiger partial charge in [-0.1, -0.05) is 18.2 Å². The van der Waals surface area contributed by atoms with Crippen molar-refractivity contribution in [3.05, 3.63) is 35.2 Å². The molecule has 7 nitrogen and oxygen atoms in total. The lowest BCUT2D eigenvalue weighted by Gasteiger charge is -2.30. The van der Waals surface area contributed by atoms with Gasteiger partial charge in [0.25, 0.3) is 0 Å². The second kappa shape index (κ2) is 9.21. The van der Waals surface area contributed by atoms with Gasteiger partial charge in [-0.2, -0.15) is 0 Å². The van der Waals surface area contributed by atoms with E-state index in [1.54, 1.807) is 18.4 Å². The summed E-state index contributed by atoms with van der Waals surface area (Å²) in [5, 5.41) is 18.1. The molecule has 0 bridgehead atoms. The number of nitrogens with one attached hydrogen (secondary N) is 2. The van der Waals surface area contributed by atoms with Crippen molar-refractivity contribution in [2.75, 3.05) is 39.5 Å². The zero-order valence-electron chi connectivity index (χ0n) is 16.3. The standard InChI is InChI=1S/C19H28N4O3S2/c1-20-19(21-12-14-7-9-23(10-8-14)28(2,25)26)22-13-16(24)18-11-15-5-3-4-6-17(15)27-18/h3-6,11,14,16,24H,7-10,12-13H2,1-2H3,(H2,20,21,22). The number of guanidine groups is 1. The fourth-order valence-corrected chi connectivity index (χ4v) is 5.29. The number of hydrogen-bond acceptors (Lipinski definition) is 5. The molecular weight excluding hydrogens is 396 g/mol. The number of hydrogen-bond donors (Lipinski definition) is 3. The van der Waals surface area contributed by atoms with E-state index in [0.717, 1.165) is 29.6 Å². The molecule has 1 saturated heterocycles. The highest BCUT2D eigenvalue weighted by molar-refractivity contribution is 7.88. The first-order chi connectivity index (χ1) is 13.4. The van der Waals surface area contributed by atoms with Gasteiger partial charge < -0.3 is 15.7 Å². The van der Waals surface area contributed by atoms with Gasteiger partial charge in [-0.3, -0.25) is 4.99 Å². The lowest BCUT2D eigenvalue weighted by atomic mass is 9.98. The van der Waals surface area contributed by atoms with Gasteiger partial charge in [0.15, 0.2) is 5.96 Å². The summed E-state index contributed by atoms with van der Waals surface area (Å²) in [6.45, 7) is 2.25. The topological polar surface area (TPSA) is 94.0 Å². The fraction of sp³-hybridized carbons (Fsp3) is 0.526. The summed E-state index contributed by atoms with van der Waals surface area (Å²) in [4.78, 5) is 5.14. The molecule has 1 atom stereocenters. The summed E-state index contributed by atoms with van der Waals surface area (Å²) in [6.07, 6.45) is 2.33. The minimum Gasteiger partial charge on any atom is -0.386 e. The lowest BCUT2D eigenvalue weighted by molar-refractivity contribution is 0.184. The van der Waals surface area contributed by atoms with E-state index in [-0.39, 0.29) is 0 Å². The zero-order chi connectivity index (χ0) is 20.1. The Hall–Kier alpha value is -1.68. The molecule has 1 unspecified atom stereocenters. The number of aliphatic hydroxyl groups excluding tert-OH is 1.